The third-order valence-electron chi connectivity index (χ3n) is 3.83. The Labute approximate surface area is 133 Å². The third-order valence-corrected chi connectivity index (χ3v) is 4.83. The molecule has 0 spiro atoms. The zero-order valence-electron chi connectivity index (χ0n) is 12.4. The van der Waals surface area contributed by atoms with E-state index in [1.54, 1.807) is 0 Å². The van der Waals surface area contributed by atoms with Crippen LogP contribution in [0.15, 0.2) is 46.9 Å². The molecular formula is C18H17BrN2. The maximum absolute atomic E-state index is 4.93. The summed E-state index contributed by atoms with van der Waals surface area (Å²) in [6, 6.07) is 14.6. The molecule has 0 aliphatic heterocycles. The lowest BCUT2D eigenvalue weighted by molar-refractivity contribution is 1.30. The van der Waals surface area contributed by atoms with Crippen LogP contribution in [0, 0.1) is 13.8 Å². The summed E-state index contributed by atoms with van der Waals surface area (Å²) in [5.74, 6) is 0. The number of aromatic nitrogens is 1. The van der Waals surface area contributed by atoms with Crippen molar-refractivity contribution in [1.29, 1.82) is 0 Å². The molecule has 0 fully saturated rings. The summed E-state index contributed by atoms with van der Waals surface area (Å²) in [4.78, 5) is 4.93. The van der Waals surface area contributed by atoms with Gasteiger partial charge in [0.05, 0.1) is 11.2 Å². The third kappa shape index (κ3) is 2.32. The minimum atomic E-state index is 1.00. The van der Waals surface area contributed by atoms with Gasteiger partial charge in [-0.25, -0.2) is 4.98 Å². The lowest BCUT2D eigenvalue weighted by Gasteiger charge is -2.16. The van der Waals surface area contributed by atoms with Gasteiger partial charge in [-0.15, -0.1) is 0 Å². The average Bonchev–Trinajstić information content (AvgIpc) is 2.51. The first kappa shape index (κ1) is 14.1. The molecule has 0 aliphatic rings. The van der Waals surface area contributed by atoms with E-state index in [2.05, 4.69) is 59.4 Å². The van der Waals surface area contributed by atoms with Crippen LogP contribution >= 0.6 is 15.9 Å². The Kier molecular flexibility index (Phi) is 3.68. The molecule has 1 aromatic heterocycles. The molecule has 0 unspecified atom stereocenters. The summed E-state index contributed by atoms with van der Waals surface area (Å²) in [5.41, 5.74) is 6.68. The molecule has 0 radical (unpaired) electrons. The Bertz CT molecular complexity index is 811. The zero-order valence-corrected chi connectivity index (χ0v) is 14.0. The molecule has 0 bridgehead atoms. The summed E-state index contributed by atoms with van der Waals surface area (Å²) < 4.78 is 1.06. The molecule has 1 heterocycles. The highest BCUT2D eigenvalue weighted by Crippen LogP contribution is 2.36. The number of benzene rings is 2. The van der Waals surface area contributed by atoms with Gasteiger partial charge >= 0.3 is 0 Å². The van der Waals surface area contributed by atoms with E-state index in [-0.39, 0.29) is 0 Å². The van der Waals surface area contributed by atoms with Crippen molar-refractivity contribution in [3.8, 4) is 11.3 Å². The van der Waals surface area contributed by atoms with Gasteiger partial charge in [0.25, 0.3) is 0 Å². The van der Waals surface area contributed by atoms with Gasteiger partial charge in [0.1, 0.15) is 0 Å². The summed E-state index contributed by atoms with van der Waals surface area (Å²) in [5, 5.41) is 4.48. The summed E-state index contributed by atoms with van der Waals surface area (Å²) in [6.45, 7) is 4.21. The topological polar surface area (TPSA) is 24.9 Å². The van der Waals surface area contributed by atoms with Crippen LogP contribution < -0.4 is 5.32 Å². The number of fused-ring (bicyclic) bond motifs is 1. The SMILES string of the molecule is CNc1c(C)c(-c2ccccc2)nc2c(Br)c(C)ccc12. The quantitative estimate of drug-likeness (QED) is 0.682. The van der Waals surface area contributed by atoms with Crippen LogP contribution in [0.4, 0.5) is 5.69 Å². The Morgan fingerprint density at radius 1 is 1.00 bits per heavy atom. The predicted octanol–water partition coefficient (Wildman–Crippen LogP) is 5.32. The minimum absolute atomic E-state index is 1.00. The van der Waals surface area contributed by atoms with E-state index in [1.807, 2.05) is 25.2 Å². The van der Waals surface area contributed by atoms with Gasteiger partial charge in [0, 0.05) is 28.2 Å². The summed E-state index contributed by atoms with van der Waals surface area (Å²) in [6.07, 6.45) is 0. The summed E-state index contributed by atoms with van der Waals surface area (Å²) in [7, 11) is 1.96. The highest BCUT2D eigenvalue weighted by molar-refractivity contribution is 9.10. The van der Waals surface area contributed by atoms with E-state index in [1.165, 1.54) is 11.1 Å². The highest BCUT2D eigenvalue weighted by atomic mass is 79.9. The van der Waals surface area contributed by atoms with E-state index >= 15 is 0 Å². The van der Waals surface area contributed by atoms with Crippen LogP contribution in [0.5, 0.6) is 0 Å². The van der Waals surface area contributed by atoms with Crippen molar-refractivity contribution < 1.29 is 0 Å². The van der Waals surface area contributed by atoms with E-state index in [4.69, 9.17) is 4.98 Å². The molecule has 0 saturated heterocycles. The van der Waals surface area contributed by atoms with Gasteiger partial charge in [-0.3, -0.25) is 0 Å². The molecule has 21 heavy (non-hydrogen) atoms. The second kappa shape index (κ2) is 5.49. The van der Waals surface area contributed by atoms with Gasteiger partial charge in [-0.1, -0.05) is 42.5 Å². The van der Waals surface area contributed by atoms with Gasteiger partial charge < -0.3 is 5.32 Å². The Morgan fingerprint density at radius 2 is 1.71 bits per heavy atom. The molecule has 3 heteroatoms. The number of nitrogens with zero attached hydrogens (tertiary/aromatic N) is 1. The van der Waals surface area contributed by atoms with Crippen molar-refractivity contribution in [2.24, 2.45) is 0 Å². The van der Waals surface area contributed by atoms with E-state index in [0.29, 0.717) is 0 Å². The molecule has 3 aromatic rings. The van der Waals surface area contributed by atoms with E-state index < -0.39 is 0 Å². The fourth-order valence-corrected chi connectivity index (χ4v) is 3.13. The number of hydrogen-bond donors (Lipinski definition) is 1. The molecule has 0 amide bonds. The second-order valence-corrected chi connectivity index (χ2v) is 5.96. The second-order valence-electron chi connectivity index (χ2n) is 5.17. The molecule has 0 saturated carbocycles. The standard InChI is InChI=1S/C18H17BrN2/c1-11-9-10-14-17(20-3)12(2)16(21-18(14)15(11)19)13-7-5-4-6-8-13/h4-10H,1-3H3,(H,20,21). The smallest absolute Gasteiger partial charge is 0.0875 e. The largest absolute Gasteiger partial charge is 0.387 e. The van der Waals surface area contributed by atoms with E-state index in [0.717, 1.165) is 32.3 Å². The molecule has 0 atom stereocenters. The van der Waals surface area contributed by atoms with Crippen molar-refractivity contribution in [2.75, 3.05) is 12.4 Å². The number of rotatable bonds is 2. The first-order valence-electron chi connectivity index (χ1n) is 6.96. The van der Waals surface area contributed by atoms with Crippen LogP contribution in [-0.2, 0) is 0 Å². The minimum Gasteiger partial charge on any atom is -0.387 e. The fourth-order valence-electron chi connectivity index (χ4n) is 2.69. The number of nitrogens with one attached hydrogen (secondary N) is 1. The molecule has 106 valence electrons. The maximum atomic E-state index is 4.93. The normalized spacial score (nSPS) is 10.9. The molecule has 1 N–H and O–H groups in total. The van der Waals surface area contributed by atoms with Gasteiger partial charge in [-0.2, -0.15) is 0 Å². The predicted molar refractivity (Wildman–Crippen MR) is 93.9 cm³/mol. The molecular weight excluding hydrogens is 324 g/mol. The Hall–Kier alpha value is -1.87. The van der Waals surface area contributed by atoms with Crippen LogP contribution in [-0.4, -0.2) is 12.0 Å². The summed E-state index contributed by atoms with van der Waals surface area (Å²) >= 11 is 3.69. The van der Waals surface area contributed by atoms with E-state index in [9.17, 15) is 0 Å². The Balaban J connectivity index is 2.42. The number of halogens is 1. The van der Waals surface area contributed by atoms with Crippen molar-refractivity contribution in [1.82, 2.24) is 4.98 Å². The monoisotopic (exact) mass is 340 g/mol. The number of hydrogen-bond acceptors (Lipinski definition) is 2. The van der Waals surface area contributed by atoms with Crippen molar-refractivity contribution in [2.45, 2.75) is 13.8 Å². The van der Waals surface area contributed by atoms with Crippen molar-refractivity contribution in [3.63, 3.8) is 0 Å². The molecule has 2 nitrogen and oxygen atoms in total. The van der Waals surface area contributed by atoms with Gasteiger partial charge in [0.2, 0.25) is 0 Å². The first-order valence-corrected chi connectivity index (χ1v) is 7.75. The first-order chi connectivity index (χ1) is 10.1. The zero-order chi connectivity index (χ0) is 15.0. The lowest BCUT2D eigenvalue weighted by atomic mass is 10.0. The Morgan fingerprint density at radius 3 is 2.38 bits per heavy atom. The fraction of sp³-hybridized carbons (Fsp3) is 0.167. The van der Waals surface area contributed by atoms with Crippen molar-refractivity contribution in [3.05, 3.63) is 58.1 Å². The molecule has 0 aliphatic carbocycles. The van der Waals surface area contributed by atoms with Crippen LogP contribution in [0.2, 0.25) is 0 Å². The van der Waals surface area contributed by atoms with Gasteiger partial charge in [-0.05, 0) is 40.9 Å². The lowest BCUT2D eigenvalue weighted by Crippen LogP contribution is -2.00. The average molecular weight is 341 g/mol. The number of aryl methyl sites for hydroxylation is 1. The molecule has 3 rings (SSSR count). The van der Waals surface area contributed by atoms with Crippen molar-refractivity contribution >= 4 is 32.5 Å². The molecule has 2 aromatic carbocycles. The van der Waals surface area contributed by atoms with Crippen LogP contribution in [0.1, 0.15) is 11.1 Å². The highest BCUT2D eigenvalue weighted by Gasteiger charge is 2.14. The van der Waals surface area contributed by atoms with Crippen LogP contribution in [0.25, 0.3) is 22.2 Å². The number of pyridine rings is 1. The van der Waals surface area contributed by atoms with Crippen LogP contribution in [0.3, 0.4) is 0 Å². The number of anilines is 1. The maximum Gasteiger partial charge on any atom is 0.0875 e. The van der Waals surface area contributed by atoms with Gasteiger partial charge in [0.15, 0.2) is 0 Å².